The molecule has 0 aliphatic carbocycles. The predicted molar refractivity (Wildman–Crippen MR) is 79.8 cm³/mol. The molecule has 0 saturated carbocycles. The summed E-state index contributed by atoms with van der Waals surface area (Å²) in [5, 5.41) is 3.24. The molecule has 2 rings (SSSR count). The van der Waals surface area contributed by atoms with Crippen LogP contribution in [0.15, 0.2) is 9.00 Å². The number of H-pyrrole nitrogens is 1. The Labute approximate surface area is 123 Å². The van der Waals surface area contributed by atoms with E-state index in [9.17, 15) is 13.2 Å². The lowest BCUT2D eigenvalue weighted by Gasteiger charge is -2.33. The lowest BCUT2D eigenvalue weighted by atomic mass is 10.1. The van der Waals surface area contributed by atoms with E-state index in [0.29, 0.717) is 12.2 Å². The third kappa shape index (κ3) is 3.13. The highest BCUT2D eigenvalue weighted by Crippen LogP contribution is 2.26. The first-order valence-corrected chi connectivity index (χ1v) is 9.14. The molecular weight excluding hydrogens is 298 g/mol. The molecule has 114 valence electrons. The second-order valence-corrected chi connectivity index (χ2v) is 8.09. The molecule has 1 saturated heterocycles. The van der Waals surface area contributed by atoms with Crippen molar-refractivity contribution in [1.82, 2.24) is 14.6 Å². The van der Waals surface area contributed by atoms with E-state index >= 15 is 0 Å². The number of hydrogen-bond acceptors (Lipinski definition) is 5. The molecule has 0 atom stereocenters. The Morgan fingerprint density at radius 3 is 2.50 bits per heavy atom. The van der Waals surface area contributed by atoms with Crippen molar-refractivity contribution in [3.05, 3.63) is 15.4 Å². The molecule has 0 radical (unpaired) electrons. The second-order valence-electron chi connectivity index (χ2n) is 5.02. The zero-order chi connectivity index (χ0) is 14.8. The smallest absolute Gasteiger partial charge is 0.305 e. The van der Waals surface area contributed by atoms with Crippen molar-refractivity contribution < 1.29 is 8.42 Å². The quantitative estimate of drug-likeness (QED) is 0.845. The SMILES string of the molecule is CCCN(C1CCNCC1)S(=O)(=O)c1sc(=O)[nH]c1C. The van der Waals surface area contributed by atoms with Crippen LogP contribution in [0.2, 0.25) is 0 Å². The Kier molecular flexibility index (Phi) is 5.00. The zero-order valence-electron chi connectivity index (χ0n) is 11.8. The molecule has 6 nitrogen and oxygen atoms in total. The van der Waals surface area contributed by atoms with Gasteiger partial charge in [0.2, 0.25) is 0 Å². The van der Waals surface area contributed by atoms with Crippen LogP contribution in [0.5, 0.6) is 0 Å². The number of piperidine rings is 1. The third-order valence-corrected chi connectivity index (χ3v) is 7.02. The van der Waals surface area contributed by atoms with Crippen LogP contribution in [0, 0.1) is 6.92 Å². The summed E-state index contributed by atoms with van der Waals surface area (Å²) in [5.74, 6) is 0. The number of aromatic nitrogens is 1. The Bertz CT molecular complexity index is 600. The molecule has 0 spiro atoms. The molecule has 1 aromatic heterocycles. The molecule has 1 aliphatic rings. The number of hydrogen-bond donors (Lipinski definition) is 2. The molecule has 8 heteroatoms. The number of sulfonamides is 1. The summed E-state index contributed by atoms with van der Waals surface area (Å²) >= 11 is 0.783. The van der Waals surface area contributed by atoms with E-state index in [4.69, 9.17) is 0 Å². The minimum Gasteiger partial charge on any atom is -0.317 e. The fourth-order valence-electron chi connectivity index (χ4n) is 2.56. The maximum absolute atomic E-state index is 12.8. The maximum atomic E-state index is 12.8. The van der Waals surface area contributed by atoms with Crippen LogP contribution in [0.3, 0.4) is 0 Å². The summed E-state index contributed by atoms with van der Waals surface area (Å²) in [6.07, 6.45) is 2.40. The van der Waals surface area contributed by atoms with E-state index in [1.54, 1.807) is 11.2 Å². The van der Waals surface area contributed by atoms with E-state index < -0.39 is 10.0 Å². The van der Waals surface area contributed by atoms with Gasteiger partial charge in [-0.25, -0.2) is 8.42 Å². The second kappa shape index (κ2) is 6.38. The number of aromatic amines is 1. The summed E-state index contributed by atoms with van der Waals surface area (Å²) < 4.78 is 27.4. The molecule has 20 heavy (non-hydrogen) atoms. The summed E-state index contributed by atoms with van der Waals surface area (Å²) in [6, 6.07) is 0.0257. The highest BCUT2D eigenvalue weighted by molar-refractivity contribution is 7.91. The average Bonchev–Trinajstić information content (AvgIpc) is 2.76. The minimum atomic E-state index is -3.58. The van der Waals surface area contributed by atoms with E-state index in [0.717, 1.165) is 43.7 Å². The van der Waals surface area contributed by atoms with Gasteiger partial charge < -0.3 is 10.3 Å². The predicted octanol–water partition coefficient (Wildman–Crippen LogP) is 0.898. The molecule has 2 heterocycles. The molecule has 0 bridgehead atoms. The molecular formula is C12H21N3O3S2. The van der Waals surface area contributed by atoms with Crippen molar-refractivity contribution >= 4 is 21.4 Å². The average molecular weight is 319 g/mol. The van der Waals surface area contributed by atoms with Gasteiger partial charge in [-0.3, -0.25) is 4.79 Å². The van der Waals surface area contributed by atoms with Gasteiger partial charge in [-0.15, -0.1) is 0 Å². The van der Waals surface area contributed by atoms with E-state index in [1.165, 1.54) is 0 Å². The standard InChI is InChI=1S/C12H21N3O3S2/c1-3-8-15(10-4-6-13-7-5-10)20(17,18)11-9(2)14-12(16)19-11/h10,13H,3-8H2,1-2H3,(H,14,16). The monoisotopic (exact) mass is 319 g/mol. The van der Waals surface area contributed by atoms with Crippen molar-refractivity contribution in [2.45, 2.75) is 43.4 Å². The van der Waals surface area contributed by atoms with Crippen LogP contribution < -0.4 is 10.2 Å². The van der Waals surface area contributed by atoms with Gasteiger partial charge in [0.1, 0.15) is 0 Å². The van der Waals surface area contributed by atoms with Gasteiger partial charge in [0.05, 0.1) is 0 Å². The first-order valence-electron chi connectivity index (χ1n) is 6.89. The Morgan fingerprint density at radius 1 is 1.35 bits per heavy atom. The normalized spacial score (nSPS) is 17.8. The molecule has 1 aromatic rings. The van der Waals surface area contributed by atoms with Crippen LogP contribution in [-0.4, -0.2) is 43.4 Å². The fraction of sp³-hybridized carbons (Fsp3) is 0.750. The number of nitrogens with zero attached hydrogens (tertiary/aromatic N) is 1. The number of rotatable bonds is 5. The molecule has 1 aliphatic heterocycles. The van der Waals surface area contributed by atoms with Crippen molar-refractivity contribution in [3.8, 4) is 0 Å². The van der Waals surface area contributed by atoms with Crippen LogP contribution in [0.1, 0.15) is 31.9 Å². The molecule has 2 N–H and O–H groups in total. The van der Waals surface area contributed by atoms with Crippen LogP contribution in [0.25, 0.3) is 0 Å². The van der Waals surface area contributed by atoms with Gasteiger partial charge in [-0.2, -0.15) is 4.31 Å². The van der Waals surface area contributed by atoms with E-state index in [2.05, 4.69) is 10.3 Å². The largest absolute Gasteiger partial charge is 0.317 e. The molecule has 0 amide bonds. The fourth-order valence-corrected chi connectivity index (χ4v) is 5.75. The topological polar surface area (TPSA) is 82.3 Å². The third-order valence-electron chi connectivity index (χ3n) is 3.48. The molecule has 1 fully saturated rings. The van der Waals surface area contributed by atoms with Crippen LogP contribution in [0.4, 0.5) is 0 Å². The maximum Gasteiger partial charge on any atom is 0.305 e. The number of thiazole rings is 1. The minimum absolute atomic E-state index is 0.0257. The first-order chi connectivity index (χ1) is 9.46. The summed E-state index contributed by atoms with van der Waals surface area (Å²) in [4.78, 5) is 13.6. The van der Waals surface area contributed by atoms with Crippen molar-refractivity contribution in [2.24, 2.45) is 0 Å². The zero-order valence-corrected chi connectivity index (χ0v) is 13.4. The summed E-state index contributed by atoms with van der Waals surface area (Å²) in [5.41, 5.74) is 0.440. The highest BCUT2D eigenvalue weighted by atomic mass is 32.2. The summed E-state index contributed by atoms with van der Waals surface area (Å²) in [7, 11) is -3.58. The first kappa shape index (κ1) is 15.7. The number of aryl methyl sites for hydroxylation is 1. The van der Waals surface area contributed by atoms with Crippen molar-refractivity contribution in [2.75, 3.05) is 19.6 Å². The van der Waals surface area contributed by atoms with Crippen LogP contribution in [-0.2, 0) is 10.0 Å². The van der Waals surface area contributed by atoms with E-state index in [-0.39, 0.29) is 15.1 Å². The van der Waals surface area contributed by atoms with Crippen LogP contribution >= 0.6 is 11.3 Å². The Hall–Kier alpha value is -0.700. The molecule has 0 aromatic carbocycles. The summed E-state index contributed by atoms with van der Waals surface area (Å²) in [6.45, 7) is 5.78. The Morgan fingerprint density at radius 2 is 2.00 bits per heavy atom. The van der Waals surface area contributed by atoms with Gasteiger partial charge in [0, 0.05) is 18.3 Å². The van der Waals surface area contributed by atoms with E-state index in [1.807, 2.05) is 6.92 Å². The molecule has 0 unspecified atom stereocenters. The van der Waals surface area contributed by atoms with Gasteiger partial charge in [0.25, 0.3) is 10.0 Å². The van der Waals surface area contributed by atoms with Gasteiger partial charge in [-0.05, 0) is 39.3 Å². The number of nitrogens with one attached hydrogen (secondary N) is 2. The van der Waals surface area contributed by atoms with Gasteiger partial charge in [-0.1, -0.05) is 18.3 Å². The lowest BCUT2D eigenvalue weighted by Crippen LogP contribution is -2.46. The van der Waals surface area contributed by atoms with Crippen molar-refractivity contribution in [1.29, 1.82) is 0 Å². The van der Waals surface area contributed by atoms with Crippen molar-refractivity contribution in [3.63, 3.8) is 0 Å². The van der Waals surface area contributed by atoms with Gasteiger partial charge >= 0.3 is 4.87 Å². The highest BCUT2D eigenvalue weighted by Gasteiger charge is 2.34. The van der Waals surface area contributed by atoms with Gasteiger partial charge in [0.15, 0.2) is 4.21 Å². The Balaban J connectivity index is 2.36. The lowest BCUT2D eigenvalue weighted by molar-refractivity contribution is 0.262.